The first kappa shape index (κ1) is 16.5. The maximum atomic E-state index is 12.1. The van der Waals surface area contributed by atoms with E-state index in [-0.39, 0.29) is 18.0 Å². The summed E-state index contributed by atoms with van der Waals surface area (Å²) in [6.07, 6.45) is -0.0946. The number of amidine groups is 1. The number of nitrogens with one attached hydrogen (secondary N) is 1. The van der Waals surface area contributed by atoms with Crippen molar-refractivity contribution < 1.29 is 14.3 Å². The van der Waals surface area contributed by atoms with Crippen LogP contribution in [0, 0.1) is 0 Å². The number of ether oxygens (including phenoxy) is 2. The van der Waals surface area contributed by atoms with Crippen LogP contribution in [0.5, 0.6) is 0 Å². The van der Waals surface area contributed by atoms with Crippen LogP contribution in [0.15, 0.2) is 29.3 Å². The van der Waals surface area contributed by atoms with Crippen molar-refractivity contribution in [2.45, 2.75) is 20.0 Å². The fourth-order valence-corrected chi connectivity index (χ4v) is 1.60. The maximum Gasteiger partial charge on any atom is 0.292 e. The van der Waals surface area contributed by atoms with Gasteiger partial charge in [-0.3, -0.25) is 10.1 Å². The van der Waals surface area contributed by atoms with Crippen molar-refractivity contribution in [1.82, 2.24) is 5.32 Å². The van der Waals surface area contributed by atoms with Gasteiger partial charge in [-0.15, -0.1) is 0 Å². The van der Waals surface area contributed by atoms with E-state index in [1.807, 2.05) is 13.8 Å². The van der Waals surface area contributed by atoms with E-state index in [0.717, 1.165) is 0 Å². The quantitative estimate of drug-likeness (QED) is 0.516. The molecule has 6 heteroatoms. The van der Waals surface area contributed by atoms with Crippen molar-refractivity contribution >= 4 is 23.5 Å². The highest BCUT2D eigenvalue weighted by Crippen LogP contribution is 2.14. The molecule has 0 spiro atoms. The van der Waals surface area contributed by atoms with Gasteiger partial charge >= 0.3 is 0 Å². The summed E-state index contributed by atoms with van der Waals surface area (Å²) in [7, 11) is 1.58. The molecule has 0 fully saturated rings. The number of hydrogen-bond donors (Lipinski definition) is 1. The topological polar surface area (TPSA) is 59.9 Å². The molecule has 1 rings (SSSR count). The molecule has 0 aliphatic heterocycles. The molecule has 1 amide bonds. The Hall–Kier alpha value is -1.59. The lowest BCUT2D eigenvalue weighted by molar-refractivity contribution is 0.0959. The lowest BCUT2D eigenvalue weighted by Gasteiger charge is -2.13. The molecule has 1 aromatic rings. The third-order valence-corrected chi connectivity index (χ3v) is 2.57. The Kier molecular flexibility index (Phi) is 7.04. The van der Waals surface area contributed by atoms with E-state index in [4.69, 9.17) is 21.1 Å². The van der Waals surface area contributed by atoms with Gasteiger partial charge in [-0.25, -0.2) is 4.99 Å². The molecule has 0 heterocycles. The fraction of sp³-hybridized carbons (Fsp3) is 0.429. The zero-order valence-electron chi connectivity index (χ0n) is 11.9. The van der Waals surface area contributed by atoms with E-state index >= 15 is 0 Å². The number of carbonyl (C=O) groups excluding carboxylic acids is 1. The standard InChI is InChI=1S/C14H19ClN2O3/c1-10(2)20-14(16-8-9-19-3)17-13(18)11-6-4-5-7-12(11)15/h4-7,10H,8-9H2,1-3H3,(H,16,17,18). The zero-order valence-corrected chi connectivity index (χ0v) is 12.6. The van der Waals surface area contributed by atoms with Crippen LogP contribution in [-0.4, -0.2) is 38.3 Å². The number of nitrogens with zero attached hydrogens (tertiary/aromatic N) is 1. The van der Waals surface area contributed by atoms with E-state index in [9.17, 15) is 4.79 Å². The Morgan fingerprint density at radius 1 is 1.40 bits per heavy atom. The highest BCUT2D eigenvalue weighted by atomic mass is 35.5. The fourth-order valence-electron chi connectivity index (χ4n) is 1.38. The molecule has 0 aliphatic rings. The van der Waals surface area contributed by atoms with E-state index in [1.54, 1.807) is 31.4 Å². The SMILES string of the molecule is COCCN=C(NC(=O)c1ccccc1Cl)OC(C)C. The number of halogens is 1. The van der Waals surface area contributed by atoms with Crippen LogP contribution in [0.3, 0.4) is 0 Å². The number of hydrogen-bond acceptors (Lipinski definition) is 4. The van der Waals surface area contributed by atoms with Crippen molar-refractivity contribution in [2.24, 2.45) is 4.99 Å². The number of methoxy groups -OCH3 is 1. The molecule has 0 radical (unpaired) electrons. The van der Waals surface area contributed by atoms with E-state index in [0.29, 0.717) is 23.7 Å². The molecule has 0 saturated carbocycles. The molecule has 0 bridgehead atoms. The number of benzene rings is 1. The highest BCUT2D eigenvalue weighted by molar-refractivity contribution is 6.34. The second-order valence-electron chi connectivity index (χ2n) is 4.28. The molecule has 20 heavy (non-hydrogen) atoms. The first-order valence-electron chi connectivity index (χ1n) is 6.30. The van der Waals surface area contributed by atoms with Gasteiger partial charge in [0.25, 0.3) is 11.9 Å². The lowest BCUT2D eigenvalue weighted by Crippen LogP contribution is -2.34. The second-order valence-corrected chi connectivity index (χ2v) is 4.69. The van der Waals surface area contributed by atoms with Crippen molar-refractivity contribution in [3.63, 3.8) is 0 Å². The molecule has 0 aromatic heterocycles. The van der Waals surface area contributed by atoms with Gasteiger partial charge in [-0.1, -0.05) is 23.7 Å². The van der Waals surface area contributed by atoms with Crippen LogP contribution in [0.25, 0.3) is 0 Å². The van der Waals surface area contributed by atoms with Gasteiger partial charge in [0.15, 0.2) is 0 Å². The number of amides is 1. The van der Waals surface area contributed by atoms with Crippen molar-refractivity contribution in [3.8, 4) is 0 Å². The first-order chi connectivity index (χ1) is 9.54. The van der Waals surface area contributed by atoms with Gasteiger partial charge in [-0.05, 0) is 26.0 Å². The zero-order chi connectivity index (χ0) is 15.0. The third-order valence-electron chi connectivity index (χ3n) is 2.24. The molecule has 5 nitrogen and oxygen atoms in total. The summed E-state index contributed by atoms with van der Waals surface area (Å²) in [6, 6.07) is 6.96. The predicted octanol–water partition coefficient (Wildman–Crippen LogP) is 2.50. The monoisotopic (exact) mass is 298 g/mol. The van der Waals surface area contributed by atoms with Crippen molar-refractivity contribution in [1.29, 1.82) is 0 Å². The minimum atomic E-state index is -0.354. The molecular weight excluding hydrogens is 280 g/mol. The van der Waals surface area contributed by atoms with Crippen LogP contribution in [0.4, 0.5) is 0 Å². The lowest BCUT2D eigenvalue weighted by atomic mass is 10.2. The Labute approximate surface area is 123 Å². The molecule has 0 unspecified atom stereocenters. The van der Waals surface area contributed by atoms with Gasteiger partial charge in [0, 0.05) is 7.11 Å². The molecule has 0 aliphatic carbocycles. The Balaban J connectivity index is 2.76. The van der Waals surface area contributed by atoms with E-state index in [2.05, 4.69) is 10.3 Å². The van der Waals surface area contributed by atoms with E-state index in [1.165, 1.54) is 0 Å². The Morgan fingerprint density at radius 2 is 2.10 bits per heavy atom. The van der Waals surface area contributed by atoms with Crippen LogP contribution >= 0.6 is 11.6 Å². The molecule has 110 valence electrons. The average molecular weight is 299 g/mol. The number of rotatable bonds is 5. The van der Waals surface area contributed by atoms with Gasteiger partial charge in [-0.2, -0.15) is 0 Å². The van der Waals surface area contributed by atoms with Crippen molar-refractivity contribution in [3.05, 3.63) is 34.9 Å². The summed E-state index contributed by atoms with van der Waals surface area (Å²) < 4.78 is 10.4. The smallest absolute Gasteiger partial charge is 0.292 e. The summed E-state index contributed by atoms with van der Waals surface area (Å²) in [5.74, 6) is -0.354. The van der Waals surface area contributed by atoms with Crippen LogP contribution in [0.2, 0.25) is 5.02 Å². The van der Waals surface area contributed by atoms with Gasteiger partial charge in [0.1, 0.15) is 0 Å². The molecule has 0 atom stereocenters. The second kappa shape index (κ2) is 8.55. The summed E-state index contributed by atoms with van der Waals surface area (Å²) in [4.78, 5) is 16.2. The van der Waals surface area contributed by atoms with Crippen LogP contribution in [-0.2, 0) is 9.47 Å². The minimum Gasteiger partial charge on any atom is -0.462 e. The molecule has 1 aromatic carbocycles. The summed E-state index contributed by atoms with van der Waals surface area (Å²) in [5, 5.41) is 2.99. The molecular formula is C14H19ClN2O3. The number of aliphatic imine (C=N–C) groups is 1. The molecule has 1 N–H and O–H groups in total. The van der Waals surface area contributed by atoms with Crippen molar-refractivity contribution in [2.75, 3.05) is 20.3 Å². The largest absolute Gasteiger partial charge is 0.462 e. The normalized spacial score (nSPS) is 11.6. The number of carbonyl (C=O) groups is 1. The highest BCUT2D eigenvalue weighted by Gasteiger charge is 2.13. The Morgan fingerprint density at radius 3 is 2.70 bits per heavy atom. The average Bonchev–Trinajstić information content (AvgIpc) is 2.38. The van der Waals surface area contributed by atoms with Gasteiger partial charge in [0.2, 0.25) is 0 Å². The van der Waals surface area contributed by atoms with E-state index < -0.39 is 0 Å². The third kappa shape index (κ3) is 5.59. The maximum absolute atomic E-state index is 12.1. The summed E-state index contributed by atoms with van der Waals surface area (Å²) >= 11 is 5.97. The van der Waals surface area contributed by atoms with Gasteiger partial charge < -0.3 is 9.47 Å². The first-order valence-corrected chi connectivity index (χ1v) is 6.68. The van der Waals surface area contributed by atoms with Crippen LogP contribution < -0.4 is 5.32 Å². The molecule has 0 saturated heterocycles. The Bertz CT molecular complexity index is 475. The van der Waals surface area contributed by atoms with Gasteiger partial charge in [0.05, 0.1) is 29.8 Å². The predicted molar refractivity (Wildman–Crippen MR) is 79.3 cm³/mol. The summed E-state index contributed by atoms with van der Waals surface area (Å²) in [6.45, 7) is 4.56. The minimum absolute atomic E-state index is 0.0946. The summed E-state index contributed by atoms with van der Waals surface area (Å²) in [5.41, 5.74) is 0.376. The van der Waals surface area contributed by atoms with Crippen LogP contribution in [0.1, 0.15) is 24.2 Å².